The average Bonchev–Trinajstić information content (AvgIpc) is 2.50. The van der Waals surface area contributed by atoms with Crippen LogP contribution in [0.15, 0.2) is 47.6 Å². The van der Waals surface area contributed by atoms with Crippen molar-refractivity contribution in [2.45, 2.75) is 6.54 Å². The molecule has 1 aromatic carbocycles. The van der Waals surface area contributed by atoms with Gasteiger partial charge < -0.3 is 15.4 Å². The molecule has 1 heterocycles. The van der Waals surface area contributed by atoms with Crippen molar-refractivity contribution in [3.8, 4) is 11.6 Å². The molecule has 0 saturated carbocycles. The van der Waals surface area contributed by atoms with Crippen molar-refractivity contribution >= 4 is 29.9 Å². The molecule has 22 heavy (non-hydrogen) atoms. The Morgan fingerprint density at radius 2 is 2.14 bits per heavy atom. The van der Waals surface area contributed by atoms with E-state index < -0.39 is 0 Å². The molecule has 2 rings (SSSR count). The van der Waals surface area contributed by atoms with E-state index in [1.807, 2.05) is 6.07 Å². The summed E-state index contributed by atoms with van der Waals surface area (Å²) in [4.78, 5) is 8.21. The number of halogens is 2. The van der Waals surface area contributed by atoms with E-state index in [4.69, 9.17) is 4.74 Å². The highest BCUT2D eigenvalue weighted by Crippen LogP contribution is 2.19. The van der Waals surface area contributed by atoms with Gasteiger partial charge in [-0.25, -0.2) is 9.37 Å². The van der Waals surface area contributed by atoms with Crippen molar-refractivity contribution in [1.29, 1.82) is 0 Å². The molecule has 0 aliphatic heterocycles. The maximum Gasteiger partial charge on any atom is 0.219 e. The van der Waals surface area contributed by atoms with Crippen molar-refractivity contribution in [2.75, 3.05) is 14.1 Å². The molecule has 0 aliphatic rings. The highest BCUT2D eigenvalue weighted by molar-refractivity contribution is 14.0. The fourth-order valence-corrected chi connectivity index (χ4v) is 1.69. The second-order valence-corrected chi connectivity index (χ2v) is 4.24. The Kier molecular flexibility index (Phi) is 7.58. The Morgan fingerprint density at radius 1 is 1.32 bits per heavy atom. The van der Waals surface area contributed by atoms with Gasteiger partial charge in [-0.2, -0.15) is 0 Å². The number of hydrogen-bond donors (Lipinski definition) is 2. The number of nitrogens with zero attached hydrogens (tertiary/aromatic N) is 2. The molecule has 0 atom stereocenters. The number of benzene rings is 1. The summed E-state index contributed by atoms with van der Waals surface area (Å²) in [5.74, 6) is 1.20. The fourth-order valence-electron chi connectivity index (χ4n) is 1.69. The van der Waals surface area contributed by atoms with Gasteiger partial charge in [-0.15, -0.1) is 24.0 Å². The summed E-state index contributed by atoms with van der Waals surface area (Å²) < 4.78 is 18.5. The summed E-state index contributed by atoms with van der Waals surface area (Å²) in [6.07, 6.45) is 1.70. The van der Waals surface area contributed by atoms with Crippen LogP contribution in [0.2, 0.25) is 0 Å². The molecule has 1 aromatic heterocycles. The van der Waals surface area contributed by atoms with Crippen LogP contribution in [0.3, 0.4) is 0 Å². The third-order valence-corrected chi connectivity index (χ3v) is 2.74. The highest BCUT2D eigenvalue weighted by Gasteiger charge is 2.01. The summed E-state index contributed by atoms with van der Waals surface area (Å²) in [6, 6.07) is 9.57. The van der Waals surface area contributed by atoms with Crippen LogP contribution in [-0.4, -0.2) is 25.0 Å². The van der Waals surface area contributed by atoms with Gasteiger partial charge in [0.05, 0.1) is 0 Å². The van der Waals surface area contributed by atoms with E-state index in [0.717, 1.165) is 5.56 Å². The van der Waals surface area contributed by atoms with Gasteiger partial charge in [0, 0.05) is 39.0 Å². The molecule has 5 nitrogen and oxygen atoms in total. The number of pyridine rings is 1. The largest absolute Gasteiger partial charge is 0.439 e. The van der Waals surface area contributed by atoms with Gasteiger partial charge >= 0.3 is 0 Å². The SMILES string of the molecule is CN=C(NC)NCc1ccc(Oc2cccc(F)c2)nc1.I. The van der Waals surface area contributed by atoms with Gasteiger partial charge in [-0.05, 0) is 17.7 Å². The van der Waals surface area contributed by atoms with Crippen LogP contribution in [0, 0.1) is 5.82 Å². The summed E-state index contributed by atoms with van der Waals surface area (Å²) in [6.45, 7) is 0.598. The zero-order valence-electron chi connectivity index (χ0n) is 12.3. The zero-order valence-corrected chi connectivity index (χ0v) is 14.7. The molecule has 0 saturated heterocycles. The molecule has 118 valence electrons. The van der Waals surface area contributed by atoms with E-state index >= 15 is 0 Å². The lowest BCUT2D eigenvalue weighted by molar-refractivity contribution is 0.457. The number of guanidine groups is 1. The number of aliphatic imine (C=N–C) groups is 1. The van der Waals surface area contributed by atoms with Gasteiger partial charge in [-0.3, -0.25) is 4.99 Å². The fraction of sp³-hybridized carbons (Fsp3) is 0.200. The molecule has 0 bridgehead atoms. The van der Waals surface area contributed by atoms with Crippen molar-refractivity contribution in [3.63, 3.8) is 0 Å². The maximum atomic E-state index is 13.1. The third kappa shape index (κ3) is 5.47. The van der Waals surface area contributed by atoms with Crippen LogP contribution in [0.25, 0.3) is 0 Å². The Balaban J connectivity index is 0.00000242. The standard InChI is InChI=1S/C15H17FN4O.HI/c1-17-15(18-2)20-10-11-6-7-14(19-9-11)21-13-5-3-4-12(16)8-13;/h3-9H,10H2,1-2H3,(H2,17,18,20);1H. The minimum absolute atomic E-state index is 0. The van der Waals surface area contributed by atoms with Crippen LogP contribution in [0.5, 0.6) is 11.6 Å². The van der Waals surface area contributed by atoms with E-state index in [0.29, 0.717) is 24.1 Å². The molecule has 7 heteroatoms. The molecule has 0 aliphatic carbocycles. The smallest absolute Gasteiger partial charge is 0.219 e. The van der Waals surface area contributed by atoms with E-state index in [-0.39, 0.29) is 29.8 Å². The van der Waals surface area contributed by atoms with E-state index in [9.17, 15) is 4.39 Å². The molecule has 2 aromatic rings. The first-order chi connectivity index (χ1) is 10.2. The lowest BCUT2D eigenvalue weighted by Crippen LogP contribution is -2.34. The first kappa shape index (κ1) is 18.1. The van der Waals surface area contributed by atoms with Crippen LogP contribution >= 0.6 is 24.0 Å². The molecule has 2 N–H and O–H groups in total. The first-order valence-electron chi connectivity index (χ1n) is 6.48. The van der Waals surface area contributed by atoms with Crippen molar-refractivity contribution in [2.24, 2.45) is 4.99 Å². The maximum absolute atomic E-state index is 13.1. The topological polar surface area (TPSA) is 58.5 Å². The minimum atomic E-state index is -0.341. The summed E-state index contributed by atoms with van der Waals surface area (Å²) >= 11 is 0. The molecule has 0 amide bonds. The number of rotatable bonds is 4. The van der Waals surface area contributed by atoms with Crippen LogP contribution in [0.1, 0.15) is 5.56 Å². The van der Waals surface area contributed by atoms with Gasteiger partial charge in [-0.1, -0.05) is 12.1 Å². The van der Waals surface area contributed by atoms with Gasteiger partial charge in [0.2, 0.25) is 5.88 Å². The summed E-state index contributed by atoms with van der Waals surface area (Å²) in [5, 5.41) is 6.05. The van der Waals surface area contributed by atoms with Crippen LogP contribution in [-0.2, 0) is 6.54 Å². The van der Waals surface area contributed by atoms with Crippen LogP contribution < -0.4 is 15.4 Å². The molecule has 0 spiro atoms. The molecule has 0 fully saturated rings. The Labute approximate surface area is 146 Å². The second kappa shape index (κ2) is 9.19. The molecule has 0 unspecified atom stereocenters. The third-order valence-electron chi connectivity index (χ3n) is 2.74. The zero-order chi connectivity index (χ0) is 15.1. The quantitative estimate of drug-likeness (QED) is 0.457. The monoisotopic (exact) mass is 416 g/mol. The molecular formula is C15H18FIN4O. The molecule has 0 radical (unpaired) electrons. The normalized spacial score (nSPS) is 10.6. The summed E-state index contributed by atoms with van der Waals surface area (Å²) in [7, 11) is 3.50. The number of aromatic nitrogens is 1. The lowest BCUT2D eigenvalue weighted by atomic mass is 10.3. The second-order valence-electron chi connectivity index (χ2n) is 4.24. The Bertz CT molecular complexity index is 619. The first-order valence-corrected chi connectivity index (χ1v) is 6.48. The summed E-state index contributed by atoms with van der Waals surface area (Å²) in [5.41, 5.74) is 0.984. The van der Waals surface area contributed by atoms with Crippen LogP contribution in [0.4, 0.5) is 4.39 Å². The molecular weight excluding hydrogens is 398 g/mol. The minimum Gasteiger partial charge on any atom is -0.439 e. The van der Waals surface area contributed by atoms with E-state index in [1.54, 1.807) is 38.5 Å². The van der Waals surface area contributed by atoms with Crippen molar-refractivity contribution in [1.82, 2.24) is 15.6 Å². The predicted octanol–water partition coefficient (Wildman–Crippen LogP) is 2.93. The van der Waals surface area contributed by atoms with E-state index in [1.165, 1.54) is 12.1 Å². The van der Waals surface area contributed by atoms with Crippen molar-refractivity contribution in [3.05, 3.63) is 54.0 Å². The van der Waals surface area contributed by atoms with Gasteiger partial charge in [0.1, 0.15) is 11.6 Å². The van der Waals surface area contributed by atoms with Gasteiger partial charge in [0.25, 0.3) is 0 Å². The lowest BCUT2D eigenvalue weighted by Gasteiger charge is -2.09. The highest BCUT2D eigenvalue weighted by atomic mass is 127. The Morgan fingerprint density at radius 3 is 2.73 bits per heavy atom. The predicted molar refractivity (Wildman–Crippen MR) is 95.4 cm³/mol. The van der Waals surface area contributed by atoms with E-state index in [2.05, 4.69) is 20.6 Å². The Hall–Kier alpha value is -1.90. The number of nitrogens with one attached hydrogen (secondary N) is 2. The van der Waals surface area contributed by atoms with Gasteiger partial charge in [0.15, 0.2) is 5.96 Å². The average molecular weight is 416 g/mol. The van der Waals surface area contributed by atoms with Crippen molar-refractivity contribution < 1.29 is 9.13 Å². The number of hydrogen-bond acceptors (Lipinski definition) is 3. The number of ether oxygens (including phenoxy) is 1.